The number of hydrogen-bond acceptors (Lipinski definition) is 3. The molecular formula is C9H14F2O3. The van der Waals surface area contributed by atoms with E-state index in [-0.39, 0.29) is 12.5 Å². The lowest BCUT2D eigenvalue weighted by atomic mass is 9.81. The Kier molecular flexibility index (Phi) is 2.28. The summed E-state index contributed by atoms with van der Waals surface area (Å²) in [6, 6.07) is 0. The number of aliphatic hydroxyl groups excluding tert-OH is 1. The highest BCUT2D eigenvalue weighted by Gasteiger charge is 2.62. The summed E-state index contributed by atoms with van der Waals surface area (Å²) in [5.41, 5.74) is 0. The molecule has 2 rings (SSSR count). The Morgan fingerprint density at radius 1 is 1.43 bits per heavy atom. The number of hydrogen-bond donors (Lipinski definition) is 1. The standard InChI is InChI=1S/C9H14F2O3/c1-4(2)6-7(12)8-13-3-5(14-8)9(6,10)11/h4-8,12H,3H2,1-2H3/t5-,6+,7+,8-/m1/s1. The molecule has 0 amide bonds. The first-order valence-corrected chi connectivity index (χ1v) is 4.77. The maximum absolute atomic E-state index is 13.7. The maximum Gasteiger partial charge on any atom is 0.281 e. The first-order chi connectivity index (χ1) is 6.44. The maximum atomic E-state index is 13.7. The van der Waals surface area contributed by atoms with Crippen LogP contribution in [0.3, 0.4) is 0 Å². The molecule has 2 fully saturated rings. The zero-order valence-corrected chi connectivity index (χ0v) is 8.11. The minimum absolute atomic E-state index is 0.127. The molecule has 0 radical (unpaired) electrons. The number of fused-ring (bicyclic) bond motifs is 2. The van der Waals surface area contributed by atoms with Crippen molar-refractivity contribution in [2.45, 2.75) is 38.3 Å². The van der Waals surface area contributed by atoms with E-state index in [0.29, 0.717) is 0 Å². The van der Waals surface area contributed by atoms with Crippen LogP contribution >= 0.6 is 0 Å². The van der Waals surface area contributed by atoms with E-state index in [2.05, 4.69) is 0 Å². The van der Waals surface area contributed by atoms with Crippen molar-refractivity contribution >= 4 is 0 Å². The summed E-state index contributed by atoms with van der Waals surface area (Å²) in [5.74, 6) is -4.37. The van der Waals surface area contributed by atoms with Crippen molar-refractivity contribution in [1.82, 2.24) is 0 Å². The van der Waals surface area contributed by atoms with Gasteiger partial charge in [0.15, 0.2) is 6.29 Å². The molecule has 5 heteroatoms. The molecule has 1 N–H and O–H groups in total. The predicted octanol–water partition coefficient (Wildman–Crippen LogP) is 1.01. The van der Waals surface area contributed by atoms with Gasteiger partial charge in [-0.25, -0.2) is 8.78 Å². The summed E-state index contributed by atoms with van der Waals surface area (Å²) in [6.07, 6.45) is -3.29. The summed E-state index contributed by atoms with van der Waals surface area (Å²) >= 11 is 0. The molecule has 14 heavy (non-hydrogen) atoms. The van der Waals surface area contributed by atoms with Gasteiger partial charge in [-0.05, 0) is 5.92 Å². The van der Waals surface area contributed by atoms with E-state index in [1.807, 2.05) is 0 Å². The van der Waals surface area contributed by atoms with Gasteiger partial charge in [0.25, 0.3) is 5.92 Å². The summed E-state index contributed by atoms with van der Waals surface area (Å²) < 4.78 is 37.2. The van der Waals surface area contributed by atoms with Gasteiger partial charge in [-0.1, -0.05) is 13.8 Å². The van der Waals surface area contributed by atoms with Crippen molar-refractivity contribution in [2.24, 2.45) is 11.8 Å². The van der Waals surface area contributed by atoms with Crippen LogP contribution in [0.4, 0.5) is 8.78 Å². The second-order valence-electron chi connectivity index (χ2n) is 4.26. The molecule has 82 valence electrons. The third-order valence-electron chi connectivity index (χ3n) is 2.95. The quantitative estimate of drug-likeness (QED) is 0.699. The SMILES string of the molecule is CC(C)[C@H]1[C@H](O)[C@@H]2OC[C@@H](O2)C1(F)F. The van der Waals surface area contributed by atoms with Crippen LogP contribution in [0.25, 0.3) is 0 Å². The summed E-state index contributed by atoms with van der Waals surface area (Å²) in [7, 11) is 0. The number of aliphatic hydroxyl groups is 1. The fourth-order valence-corrected chi connectivity index (χ4v) is 2.25. The van der Waals surface area contributed by atoms with Crippen LogP contribution in [0.15, 0.2) is 0 Å². The van der Waals surface area contributed by atoms with Crippen molar-refractivity contribution in [3.8, 4) is 0 Å². The van der Waals surface area contributed by atoms with E-state index >= 15 is 0 Å². The second kappa shape index (κ2) is 3.12. The monoisotopic (exact) mass is 208 g/mol. The average molecular weight is 208 g/mol. The normalized spacial score (nSPS) is 45.9. The number of alkyl halides is 2. The summed E-state index contributed by atoms with van der Waals surface area (Å²) in [5, 5.41) is 9.63. The van der Waals surface area contributed by atoms with E-state index in [4.69, 9.17) is 9.47 Å². The van der Waals surface area contributed by atoms with Gasteiger partial charge in [0.05, 0.1) is 12.5 Å². The number of halogens is 2. The highest BCUT2D eigenvalue weighted by atomic mass is 19.3. The Labute approximate surface area is 81.0 Å². The Morgan fingerprint density at radius 2 is 2.07 bits per heavy atom. The van der Waals surface area contributed by atoms with Crippen molar-refractivity contribution < 1.29 is 23.4 Å². The van der Waals surface area contributed by atoms with Crippen molar-refractivity contribution in [2.75, 3.05) is 6.61 Å². The van der Waals surface area contributed by atoms with Crippen LogP contribution < -0.4 is 0 Å². The molecule has 2 saturated heterocycles. The largest absolute Gasteiger partial charge is 0.387 e. The van der Waals surface area contributed by atoms with Crippen molar-refractivity contribution in [1.29, 1.82) is 0 Å². The van der Waals surface area contributed by atoms with Crippen LogP contribution in [0, 0.1) is 11.8 Å². The smallest absolute Gasteiger partial charge is 0.281 e. The molecule has 0 aliphatic carbocycles. The van der Waals surface area contributed by atoms with Gasteiger partial charge in [0, 0.05) is 0 Å². The van der Waals surface area contributed by atoms with Gasteiger partial charge >= 0.3 is 0 Å². The Bertz CT molecular complexity index is 232. The topological polar surface area (TPSA) is 38.7 Å². The third-order valence-corrected chi connectivity index (χ3v) is 2.95. The first kappa shape index (κ1) is 10.3. The van der Waals surface area contributed by atoms with Gasteiger partial charge in [-0.3, -0.25) is 0 Å². The lowest BCUT2D eigenvalue weighted by molar-refractivity contribution is -0.272. The van der Waals surface area contributed by atoms with E-state index < -0.39 is 30.3 Å². The number of ether oxygens (including phenoxy) is 2. The summed E-state index contributed by atoms with van der Waals surface area (Å²) in [6.45, 7) is 3.22. The minimum Gasteiger partial charge on any atom is -0.387 e. The van der Waals surface area contributed by atoms with E-state index in [9.17, 15) is 13.9 Å². The fourth-order valence-electron chi connectivity index (χ4n) is 2.25. The van der Waals surface area contributed by atoms with Crippen molar-refractivity contribution in [3.63, 3.8) is 0 Å². The Balaban J connectivity index is 2.29. The number of rotatable bonds is 1. The molecule has 2 aliphatic heterocycles. The van der Waals surface area contributed by atoms with Gasteiger partial charge in [0.2, 0.25) is 0 Å². The zero-order valence-electron chi connectivity index (χ0n) is 8.11. The van der Waals surface area contributed by atoms with Gasteiger partial charge in [-0.15, -0.1) is 0 Å². The lowest BCUT2D eigenvalue weighted by Crippen LogP contribution is -2.56. The first-order valence-electron chi connectivity index (χ1n) is 4.77. The van der Waals surface area contributed by atoms with Gasteiger partial charge < -0.3 is 14.6 Å². The van der Waals surface area contributed by atoms with E-state index in [1.165, 1.54) is 0 Å². The highest BCUT2D eigenvalue weighted by molar-refractivity contribution is 4.99. The van der Waals surface area contributed by atoms with Crippen LogP contribution in [-0.2, 0) is 9.47 Å². The Morgan fingerprint density at radius 3 is 2.64 bits per heavy atom. The average Bonchev–Trinajstić information content (AvgIpc) is 2.46. The van der Waals surface area contributed by atoms with Crippen LogP contribution in [-0.4, -0.2) is 36.1 Å². The molecule has 0 saturated carbocycles. The van der Waals surface area contributed by atoms with Crippen LogP contribution in [0.5, 0.6) is 0 Å². The van der Waals surface area contributed by atoms with Gasteiger partial charge in [-0.2, -0.15) is 0 Å². The molecule has 2 bridgehead atoms. The second-order valence-corrected chi connectivity index (χ2v) is 4.26. The molecule has 2 aliphatic rings. The predicted molar refractivity (Wildman–Crippen MR) is 43.9 cm³/mol. The molecule has 3 nitrogen and oxygen atoms in total. The molecule has 0 aromatic heterocycles. The Hall–Kier alpha value is -0.260. The molecular weight excluding hydrogens is 194 g/mol. The highest BCUT2D eigenvalue weighted by Crippen LogP contribution is 2.46. The third kappa shape index (κ3) is 1.26. The van der Waals surface area contributed by atoms with E-state index in [1.54, 1.807) is 13.8 Å². The molecule has 0 aromatic rings. The molecule has 0 spiro atoms. The molecule has 2 heterocycles. The van der Waals surface area contributed by atoms with E-state index in [0.717, 1.165) is 0 Å². The van der Waals surface area contributed by atoms with Gasteiger partial charge in [0.1, 0.15) is 12.2 Å². The molecule has 0 aromatic carbocycles. The fraction of sp³-hybridized carbons (Fsp3) is 1.00. The minimum atomic E-state index is -3.00. The summed E-state index contributed by atoms with van der Waals surface area (Å²) in [4.78, 5) is 0. The van der Waals surface area contributed by atoms with Crippen LogP contribution in [0.1, 0.15) is 13.8 Å². The zero-order chi connectivity index (χ0) is 10.5. The van der Waals surface area contributed by atoms with Crippen molar-refractivity contribution in [3.05, 3.63) is 0 Å². The lowest BCUT2D eigenvalue weighted by Gasteiger charge is -2.40. The van der Waals surface area contributed by atoms with Crippen LogP contribution in [0.2, 0.25) is 0 Å². The molecule has 0 unspecified atom stereocenters. The molecule has 4 atom stereocenters.